The van der Waals surface area contributed by atoms with Gasteiger partial charge in [0.05, 0.1) is 5.00 Å². The highest BCUT2D eigenvalue weighted by molar-refractivity contribution is 7.17. The van der Waals surface area contributed by atoms with E-state index in [4.69, 9.17) is 5.73 Å². The van der Waals surface area contributed by atoms with Crippen molar-refractivity contribution in [3.63, 3.8) is 0 Å². The average molecular weight is 170 g/mol. The predicted octanol–water partition coefficient (Wildman–Crippen LogP) is 1.55. The maximum Gasteiger partial charge on any atom is 0.326 e. The van der Waals surface area contributed by atoms with Gasteiger partial charge >= 0.3 is 5.91 Å². The zero-order valence-electron chi connectivity index (χ0n) is 5.83. The van der Waals surface area contributed by atoms with Crippen molar-refractivity contribution in [1.82, 2.24) is 0 Å². The first-order valence-electron chi connectivity index (χ1n) is 2.88. The molecule has 0 aliphatic heterocycles. The number of hydrogen-bond donors (Lipinski definition) is 1. The fourth-order valence-corrected chi connectivity index (χ4v) is 1.58. The SMILES string of the molecule is Cc1cc(N)sc1C(=O)N=O. The molecule has 2 N–H and O–H groups in total. The van der Waals surface area contributed by atoms with E-state index in [0.29, 0.717) is 15.4 Å². The van der Waals surface area contributed by atoms with Crippen LogP contribution in [-0.2, 0) is 0 Å². The summed E-state index contributed by atoms with van der Waals surface area (Å²) in [5.74, 6) is -0.746. The molecule has 0 bridgehead atoms. The molecule has 0 saturated heterocycles. The summed E-state index contributed by atoms with van der Waals surface area (Å²) < 4.78 is 0. The van der Waals surface area contributed by atoms with E-state index in [1.807, 2.05) is 0 Å². The minimum atomic E-state index is -0.746. The lowest BCUT2D eigenvalue weighted by molar-refractivity contribution is 0.100. The van der Waals surface area contributed by atoms with Crippen LogP contribution in [0.1, 0.15) is 15.2 Å². The number of rotatable bonds is 1. The molecule has 0 radical (unpaired) electrons. The number of nitrogen functional groups attached to an aromatic ring is 1. The van der Waals surface area contributed by atoms with Crippen molar-refractivity contribution in [2.45, 2.75) is 6.92 Å². The smallest absolute Gasteiger partial charge is 0.326 e. The second-order valence-corrected chi connectivity index (χ2v) is 3.14. The molecule has 0 aromatic carbocycles. The molecule has 0 spiro atoms. The molecular formula is C6H6N2O2S. The van der Waals surface area contributed by atoms with Gasteiger partial charge in [0.2, 0.25) is 0 Å². The molecule has 0 aliphatic carbocycles. The first-order valence-corrected chi connectivity index (χ1v) is 3.70. The molecule has 4 nitrogen and oxygen atoms in total. The molecule has 1 heterocycles. The highest BCUT2D eigenvalue weighted by atomic mass is 32.1. The van der Waals surface area contributed by atoms with Crippen LogP contribution in [0.4, 0.5) is 5.00 Å². The summed E-state index contributed by atoms with van der Waals surface area (Å²) in [6.07, 6.45) is 0. The molecule has 0 saturated carbocycles. The topological polar surface area (TPSA) is 72.5 Å². The maximum absolute atomic E-state index is 10.7. The molecule has 58 valence electrons. The predicted molar refractivity (Wildman–Crippen MR) is 43.6 cm³/mol. The van der Waals surface area contributed by atoms with Crippen molar-refractivity contribution in [1.29, 1.82) is 0 Å². The van der Waals surface area contributed by atoms with Crippen molar-refractivity contribution in [2.24, 2.45) is 5.18 Å². The van der Waals surface area contributed by atoms with E-state index in [0.717, 1.165) is 11.3 Å². The summed E-state index contributed by atoms with van der Waals surface area (Å²) in [7, 11) is 0. The number of hydrogen-bond acceptors (Lipinski definition) is 4. The highest BCUT2D eigenvalue weighted by Gasteiger charge is 2.12. The van der Waals surface area contributed by atoms with E-state index in [9.17, 15) is 9.70 Å². The maximum atomic E-state index is 10.7. The quantitative estimate of drug-likeness (QED) is 0.650. The van der Waals surface area contributed by atoms with Gasteiger partial charge in [-0.2, -0.15) is 0 Å². The molecule has 0 unspecified atom stereocenters. The van der Waals surface area contributed by atoms with Crippen LogP contribution < -0.4 is 5.73 Å². The normalized spacial score (nSPS) is 9.55. The Morgan fingerprint density at radius 3 is 2.73 bits per heavy atom. The molecule has 0 aliphatic rings. The van der Waals surface area contributed by atoms with Gasteiger partial charge < -0.3 is 5.73 Å². The number of carbonyl (C=O) groups excluding carboxylic acids is 1. The van der Waals surface area contributed by atoms with E-state index in [1.54, 1.807) is 13.0 Å². The zero-order chi connectivity index (χ0) is 8.43. The van der Waals surface area contributed by atoms with E-state index in [2.05, 4.69) is 5.18 Å². The monoisotopic (exact) mass is 170 g/mol. The third-order valence-corrected chi connectivity index (χ3v) is 2.27. The van der Waals surface area contributed by atoms with Gasteiger partial charge in [-0.25, -0.2) is 0 Å². The Hall–Kier alpha value is -1.23. The standard InChI is InChI=1S/C6H6N2O2S/c1-3-2-4(7)11-5(3)6(9)8-10/h2H,7H2,1H3. The third kappa shape index (κ3) is 1.43. The number of amides is 1. The Bertz CT molecular complexity index is 306. The first-order chi connectivity index (χ1) is 5.15. The molecular weight excluding hydrogens is 164 g/mol. The Morgan fingerprint density at radius 1 is 1.73 bits per heavy atom. The van der Waals surface area contributed by atoms with Gasteiger partial charge in [-0.1, -0.05) is 0 Å². The number of aryl methyl sites for hydroxylation is 1. The van der Waals surface area contributed by atoms with Crippen LogP contribution in [0.15, 0.2) is 11.2 Å². The Kier molecular flexibility index (Phi) is 2.00. The van der Waals surface area contributed by atoms with E-state index >= 15 is 0 Å². The molecule has 11 heavy (non-hydrogen) atoms. The highest BCUT2D eigenvalue weighted by Crippen LogP contribution is 2.24. The Morgan fingerprint density at radius 2 is 2.36 bits per heavy atom. The number of nitroso groups, excluding NO2 is 1. The van der Waals surface area contributed by atoms with Gasteiger partial charge in [-0.05, 0) is 18.6 Å². The third-order valence-electron chi connectivity index (χ3n) is 1.21. The lowest BCUT2D eigenvalue weighted by Gasteiger charge is -1.85. The molecule has 0 fully saturated rings. The summed E-state index contributed by atoms with van der Waals surface area (Å²) in [4.78, 5) is 20.9. The van der Waals surface area contributed by atoms with Gasteiger partial charge in [-0.15, -0.1) is 16.2 Å². The first kappa shape index (κ1) is 7.87. The summed E-state index contributed by atoms with van der Waals surface area (Å²) in [5, 5.41) is 2.82. The van der Waals surface area contributed by atoms with E-state index in [-0.39, 0.29) is 0 Å². The van der Waals surface area contributed by atoms with Crippen LogP contribution in [0.3, 0.4) is 0 Å². The van der Waals surface area contributed by atoms with Crippen LogP contribution >= 0.6 is 11.3 Å². The van der Waals surface area contributed by atoms with Gasteiger partial charge in [0.15, 0.2) is 0 Å². The van der Waals surface area contributed by atoms with Crippen LogP contribution in [0.25, 0.3) is 0 Å². The molecule has 0 atom stereocenters. The van der Waals surface area contributed by atoms with Crippen LogP contribution in [-0.4, -0.2) is 5.91 Å². The fraction of sp³-hybridized carbons (Fsp3) is 0.167. The second-order valence-electron chi connectivity index (χ2n) is 2.06. The lowest BCUT2D eigenvalue weighted by atomic mass is 10.3. The van der Waals surface area contributed by atoms with Gasteiger partial charge in [0, 0.05) is 5.18 Å². The molecule has 1 aromatic heterocycles. The second kappa shape index (κ2) is 2.79. The molecule has 5 heteroatoms. The molecule has 1 rings (SSSR count). The Labute approximate surface area is 67.0 Å². The minimum absolute atomic E-state index is 0.331. The summed E-state index contributed by atoms with van der Waals surface area (Å²) in [5.41, 5.74) is 6.10. The lowest BCUT2D eigenvalue weighted by Crippen LogP contribution is -1.90. The Balaban J connectivity index is 3.12. The van der Waals surface area contributed by atoms with Gasteiger partial charge in [0.1, 0.15) is 4.88 Å². The summed E-state index contributed by atoms with van der Waals surface area (Å²) in [6, 6.07) is 1.64. The van der Waals surface area contributed by atoms with Crippen LogP contribution in [0, 0.1) is 11.8 Å². The number of nitrogens with zero attached hydrogens (tertiary/aromatic N) is 1. The summed E-state index contributed by atoms with van der Waals surface area (Å²) in [6.45, 7) is 1.71. The number of thiophene rings is 1. The zero-order valence-corrected chi connectivity index (χ0v) is 6.64. The number of anilines is 1. The van der Waals surface area contributed by atoms with Crippen molar-refractivity contribution in [3.8, 4) is 0 Å². The minimum Gasteiger partial charge on any atom is -0.391 e. The average Bonchev–Trinajstić information content (AvgIpc) is 2.28. The number of carbonyl (C=O) groups is 1. The number of nitrogens with two attached hydrogens (primary N) is 1. The van der Waals surface area contributed by atoms with Crippen molar-refractivity contribution >= 4 is 22.2 Å². The van der Waals surface area contributed by atoms with Crippen LogP contribution in [0.5, 0.6) is 0 Å². The van der Waals surface area contributed by atoms with Crippen molar-refractivity contribution in [3.05, 3.63) is 21.4 Å². The van der Waals surface area contributed by atoms with Crippen LogP contribution in [0.2, 0.25) is 0 Å². The summed E-state index contributed by atoms with van der Waals surface area (Å²) >= 11 is 1.08. The van der Waals surface area contributed by atoms with Crippen molar-refractivity contribution < 1.29 is 4.79 Å². The largest absolute Gasteiger partial charge is 0.391 e. The molecule has 1 aromatic rings. The van der Waals surface area contributed by atoms with Crippen molar-refractivity contribution in [2.75, 3.05) is 5.73 Å². The van der Waals surface area contributed by atoms with Gasteiger partial charge in [0.25, 0.3) is 0 Å². The van der Waals surface area contributed by atoms with E-state index < -0.39 is 5.91 Å². The van der Waals surface area contributed by atoms with Gasteiger partial charge in [-0.3, -0.25) is 4.79 Å². The fourth-order valence-electron chi connectivity index (χ4n) is 0.761. The molecule has 1 amide bonds. The van der Waals surface area contributed by atoms with E-state index in [1.165, 1.54) is 0 Å².